The molecule has 0 bridgehead atoms. The van der Waals surface area contributed by atoms with Crippen molar-refractivity contribution >= 4 is 27.2 Å². The Labute approximate surface area is 133 Å². The minimum atomic E-state index is -4.23. The Kier molecular flexibility index (Phi) is 4.82. The fourth-order valence-electron chi connectivity index (χ4n) is 1.78. The van der Waals surface area contributed by atoms with Crippen LogP contribution in [0.2, 0.25) is 0 Å². The molecule has 2 aromatic rings. The van der Waals surface area contributed by atoms with Crippen molar-refractivity contribution in [3.8, 4) is 11.5 Å². The number of methoxy groups -OCH3 is 2. The molecule has 122 valence electrons. The number of rotatable bonds is 5. The van der Waals surface area contributed by atoms with Gasteiger partial charge in [0.1, 0.15) is 17.2 Å². The molecule has 0 unspecified atom stereocenters. The summed E-state index contributed by atoms with van der Waals surface area (Å²) in [6.45, 7) is 0. The molecule has 8 nitrogen and oxygen atoms in total. The minimum Gasteiger partial charge on any atom is -0.495 e. The number of ether oxygens (including phenoxy) is 2. The van der Waals surface area contributed by atoms with Crippen LogP contribution in [-0.2, 0) is 10.1 Å². The number of benzene rings is 2. The second-order valence-corrected chi connectivity index (χ2v) is 5.86. The first kappa shape index (κ1) is 16.7. The second-order valence-electron chi connectivity index (χ2n) is 4.43. The fourth-order valence-corrected chi connectivity index (χ4v) is 2.26. The molecule has 0 aliphatic rings. The largest absolute Gasteiger partial charge is 0.495 e. The van der Waals surface area contributed by atoms with Gasteiger partial charge < -0.3 is 15.2 Å². The standard InChI is InChI=1S/C14H15N3O5S/c1-21-13-8-12(14(22-2)7-11(13)15)17-16-9-3-5-10(6-4-9)23(18,19)20/h3-8H,15H2,1-2H3,(H,18,19,20)/b17-16+. The number of anilines is 1. The van der Waals surface area contributed by atoms with Crippen LogP contribution in [0.4, 0.5) is 17.1 Å². The van der Waals surface area contributed by atoms with Crippen molar-refractivity contribution in [3.63, 3.8) is 0 Å². The van der Waals surface area contributed by atoms with Gasteiger partial charge in [-0.05, 0) is 24.3 Å². The highest BCUT2D eigenvalue weighted by Gasteiger charge is 2.10. The maximum absolute atomic E-state index is 11.0. The average molecular weight is 337 g/mol. The Morgan fingerprint density at radius 3 is 2.13 bits per heavy atom. The number of hydrogen-bond acceptors (Lipinski definition) is 7. The van der Waals surface area contributed by atoms with Crippen LogP contribution >= 0.6 is 0 Å². The summed E-state index contributed by atoms with van der Waals surface area (Å²) in [5.74, 6) is 0.850. The summed E-state index contributed by atoms with van der Waals surface area (Å²) in [7, 11) is -1.28. The molecule has 23 heavy (non-hydrogen) atoms. The van der Waals surface area contributed by atoms with E-state index >= 15 is 0 Å². The van der Waals surface area contributed by atoms with Crippen LogP contribution in [0.5, 0.6) is 11.5 Å². The van der Waals surface area contributed by atoms with E-state index in [1.807, 2.05) is 0 Å². The Morgan fingerprint density at radius 2 is 1.61 bits per heavy atom. The van der Waals surface area contributed by atoms with Gasteiger partial charge in [-0.25, -0.2) is 0 Å². The summed E-state index contributed by atoms with van der Waals surface area (Å²) in [5, 5.41) is 8.03. The Bertz CT molecular complexity index is 832. The zero-order valence-corrected chi connectivity index (χ0v) is 13.2. The van der Waals surface area contributed by atoms with Crippen LogP contribution < -0.4 is 15.2 Å². The van der Waals surface area contributed by atoms with Crippen molar-refractivity contribution in [2.75, 3.05) is 20.0 Å². The smallest absolute Gasteiger partial charge is 0.294 e. The van der Waals surface area contributed by atoms with E-state index < -0.39 is 10.1 Å². The van der Waals surface area contributed by atoms with Gasteiger partial charge in [0, 0.05) is 12.1 Å². The summed E-state index contributed by atoms with van der Waals surface area (Å²) in [6.07, 6.45) is 0. The van der Waals surface area contributed by atoms with Gasteiger partial charge in [0.25, 0.3) is 10.1 Å². The molecule has 2 aromatic carbocycles. The van der Waals surface area contributed by atoms with E-state index in [0.717, 1.165) is 0 Å². The Balaban J connectivity index is 2.33. The van der Waals surface area contributed by atoms with E-state index in [0.29, 0.717) is 28.6 Å². The second kappa shape index (κ2) is 6.63. The molecule has 0 radical (unpaired) electrons. The summed E-state index contributed by atoms with van der Waals surface area (Å²) >= 11 is 0. The highest BCUT2D eigenvalue weighted by atomic mass is 32.2. The molecule has 0 atom stereocenters. The maximum atomic E-state index is 11.0. The number of azo groups is 1. The van der Waals surface area contributed by atoms with E-state index in [1.165, 1.54) is 38.5 Å². The molecule has 0 aromatic heterocycles. The lowest BCUT2D eigenvalue weighted by atomic mass is 10.2. The van der Waals surface area contributed by atoms with E-state index in [-0.39, 0.29) is 4.90 Å². The number of hydrogen-bond donors (Lipinski definition) is 2. The average Bonchev–Trinajstić information content (AvgIpc) is 2.52. The molecule has 2 rings (SSSR count). The molecular formula is C14H15N3O5S. The maximum Gasteiger partial charge on any atom is 0.294 e. The van der Waals surface area contributed by atoms with Gasteiger partial charge in [-0.3, -0.25) is 4.55 Å². The van der Waals surface area contributed by atoms with Gasteiger partial charge in [0.05, 0.1) is 30.5 Å². The Hall–Kier alpha value is -2.65. The fraction of sp³-hybridized carbons (Fsp3) is 0.143. The highest BCUT2D eigenvalue weighted by Crippen LogP contribution is 2.37. The molecule has 0 amide bonds. The lowest BCUT2D eigenvalue weighted by Gasteiger charge is -2.09. The van der Waals surface area contributed by atoms with Gasteiger partial charge in [-0.15, -0.1) is 5.11 Å². The topological polar surface area (TPSA) is 124 Å². The van der Waals surface area contributed by atoms with Crippen LogP contribution in [0.1, 0.15) is 0 Å². The first-order chi connectivity index (χ1) is 10.8. The molecule has 3 N–H and O–H groups in total. The summed E-state index contributed by atoms with van der Waals surface area (Å²) in [6, 6.07) is 8.41. The summed E-state index contributed by atoms with van der Waals surface area (Å²) < 4.78 is 41.1. The predicted octanol–water partition coefficient (Wildman–Crippen LogP) is 2.95. The zero-order chi connectivity index (χ0) is 17.0. The third-order valence-electron chi connectivity index (χ3n) is 2.94. The monoisotopic (exact) mass is 337 g/mol. The molecular weight excluding hydrogens is 322 g/mol. The lowest BCUT2D eigenvalue weighted by molar-refractivity contribution is 0.406. The molecule has 9 heteroatoms. The van der Waals surface area contributed by atoms with Crippen molar-refractivity contribution in [2.45, 2.75) is 4.90 Å². The summed E-state index contributed by atoms with van der Waals surface area (Å²) in [5.41, 5.74) is 6.99. The van der Waals surface area contributed by atoms with Gasteiger partial charge in [0.15, 0.2) is 0 Å². The van der Waals surface area contributed by atoms with Crippen LogP contribution in [0.15, 0.2) is 51.5 Å². The SMILES string of the molecule is COc1cc(/N=N/c2ccc(S(=O)(=O)O)cc2)c(OC)cc1N. The van der Waals surface area contributed by atoms with Crippen LogP contribution in [0.3, 0.4) is 0 Å². The molecule has 0 saturated carbocycles. The van der Waals surface area contributed by atoms with E-state index in [2.05, 4.69) is 10.2 Å². The predicted molar refractivity (Wildman–Crippen MR) is 84.4 cm³/mol. The van der Waals surface area contributed by atoms with Gasteiger partial charge >= 0.3 is 0 Å². The van der Waals surface area contributed by atoms with Crippen LogP contribution in [0.25, 0.3) is 0 Å². The molecule has 0 aliphatic heterocycles. The minimum absolute atomic E-state index is 0.219. The van der Waals surface area contributed by atoms with Crippen molar-refractivity contribution in [2.24, 2.45) is 10.2 Å². The third-order valence-corrected chi connectivity index (χ3v) is 3.81. The van der Waals surface area contributed by atoms with Crippen molar-refractivity contribution < 1.29 is 22.4 Å². The quantitative estimate of drug-likeness (QED) is 0.491. The van der Waals surface area contributed by atoms with Crippen LogP contribution in [-0.4, -0.2) is 27.2 Å². The zero-order valence-electron chi connectivity index (χ0n) is 12.4. The third kappa shape index (κ3) is 3.96. The molecule has 0 fully saturated rings. The van der Waals surface area contributed by atoms with E-state index in [1.54, 1.807) is 12.1 Å². The van der Waals surface area contributed by atoms with Crippen molar-refractivity contribution in [1.29, 1.82) is 0 Å². The van der Waals surface area contributed by atoms with E-state index in [9.17, 15) is 8.42 Å². The van der Waals surface area contributed by atoms with Crippen LogP contribution in [0, 0.1) is 0 Å². The van der Waals surface area contributed by atoms with E-state index in [4.69, 9.17) is 19.8 Å². The first-order valence-corrected chi connectivity index (χ1v) is 7.80. The van der Waals surface area contributed by atoms with Gasteiger partial charge in [0.2, 0.25) is 0 Å². The normalized spacial score (nSPS) is 11.6. The number of nitrogens with two attached hydrogens (primary N) is 1. The lowest BCUT2D eigenvalue weighted by Crippen LogP contribution is -1.96. The number of nitrogen functional groups attached to an aromatic ring is 1. The Morgan fingerprint density at radius 1 is 1.00 bits per heavy atom. The molecule has 0 saturated heterocycles. The molecule has 0 aliphatic carbocycles. The molecule has 0 heterocycles. The van der Waals surface area contributed by atoms with Gasteiger partial charge in [-0.1, -0.05) is 0 Å². The molecule has 0 spiro atoms. The van der Waals surface area contributed by atoms with Crippen molar-refractivity contribution in [1.82, 2.24) is 0 Å². The number of nitrogens with zero attached hydrogens (tertiary/aromatic N) is 2. The van der Waals surface area contributed by atoms with Crippen molar-refractivity contribution in [3.05, 3.63) is 36.4 Å². The highest BCUT2D eigenvalue weighted by molar-refractivity contribution is 7.85. The summed E-state index contributed by atoms with van der Waals surface area (Å²) in [4.78, 5) is -0.219. The van der Waals surface area contributed by atoms with Gasteiger partial charge in [-0.2, -0.15) is 13.5 Å². The first-order valence-electron chi connectivity index (χ1n) is 6.36.